The number of aromatic nitrogens is 3. The van der Waals surface area contributed by atoms with E-state index in [0.29, 0.717) is 17.7 Å². The molecular formula is C17H20N4O2. The van der Waals surface area contributed by atoms with E-state index >= 15 is 0 Å². The number of para-hydroxylation sites is 1. The number of benzene rings is 1. The van der Waals surface area contributed by atoms with Crippen molar-refractivity contribution >= 4 is 16.8 Å². The van der Waals surface area contributed by atoms with Crippen molar-refractivity contribution in [2.24, 2.45) is 5.92 Å². The average Bonchev–Trinajstić information content (AvgIpc) is 3.11. The molecule has 0 spiro atoms. The Morgan fingerprint density at radius 3 is 2.83 bits per heavy atom. The molecule has 0 bridgehead atoms. The molecule has 3 aromatic rings. The minimum Gasteiger partial charge on any atom is -0.419 e. The van der Waals surface area contributed by atoms with Crippen LogP contribution in [0.5, 0.6) is 0 Å². The Kier molecular flexibility index (Phi) is 4.14. The Balaban J connectivity index is 2.06. The molecule has 0 aliphatic heterocycles. The van der Waals surface area contributed by atoms with Crippen LogP contribution in [0.1, 0.15) is 19.7 Å². The van der Waals surface area contributed by atoms with Gasteiger partial charge in [0.2, 0.25) is 11.8 Å². The number of carbonyl (C=O) groups excluding carboxylic acids is 1. The molecule has 0 saturated carbocycles. The van der Waals surface area contributed by atoms with Crippen molar-refractivity contribution in [1.82, 2.24) is 20.1 Å². The van der Waals surface area contributed by atoms with Crippen molar-refractivity contribution in [2.75, 3.05) is 7.05 Å². The zero-order valence-corrected chi connectivity index (χ0v) is 13.5. The van der Waals surface area contributed by atoms with Gasteiger partial charge in [-0.2, -0.15) is 0 Å². The lowest BCUT2D eigenvalue weighted by Gasteiger charge is -2.07. The lowest BCUT2D eigenvalue weighted by Crippen LogP contribution is -2.23. The van der Waals surface area contributed by atoms with Crippen molar-refractivity contribution in [1.29, 1.82) is 0 Å². The Morgan fingerprint density at radius 2 is 2.09 bits per heavy atom. The number of nitrogens with zero attached hydrogens (tertiary/aromatic N) is 3. The van der Waals surface area contributed by atoms with E-state index in [4.69, 9.17) is 4.42 Å². The molecule has 0 saturated heterocycles. The fraction of sp³-hybridized carbons (Fsp3) is 0.353. The molecule has 2 heterocycles. The minimum absolute atomic E-state index is 0.0745. The van der Waals surface area contributed by atoms with E-state index in [2.05, 4.69) is 29.4 Å². The van der Waals surface area contributed by atoms with E-state index < -0.39 is 0 Å². The van der Waals surface area contributed by atoms with Gasteiger partial charge in [0.25, 0.3) is 5.89 Å². The third-order valence-electron chi connectivity index (χ3n) is 3.66. The van der Waals surface area contributed by atoms with Crippen molar-refractivity contribution in [2.45, 2.75) is 26.8 Å². The highest BCUT2D eigenvalue weighted by Crippen LogP contribution is 2.27. The number of rotatable bonds is 5. The number of nitrogens with one attached hydrogen (secondary N) is 1. The van der Waals surface area contributed by atoms with Gasteiger partial charge in [0, 0.05) is 24.4 Å². The molecule has 0 radical (unpaired) electrons. The molecule has 6 nitrogen and oxygen atoms in total. The Labute approximate surface area is 134 Å². The zero-order valence-electron chi connectivity index (χ0n) is 13.5. The van der Waals surface area contributed by atoms with Crippen molar-refractivity contribution in [3.63, 3.8) is 0 Å². The molecule has 1 aromatic carbocycles. The van der Waals surface area contributed by atoms with Gasteiger partial charge in [-0.25, -0.2) is 0 Å². The molecule has 2 aromatic heterocycles. The molecular weight excluding hydrogens is 292 g/mol. The van der Waals surface area contributed by atoms with E-state index in [0.717, 1.165) is 23.0 Å². The third kappa shape index (κ3) is 3.11. The maximum Gasteiger partial charge on any atom is 0.264 e. The topological polar surface area (TPSA) is 73.0 Å². The summed E-state index contributed by atoms with van der Waals surface area (Å²) in [5.74, 6) is 1.43. The fourth-order valence-corrected chi connectivity index (χ4v) is 2.57. The van der Waals surface area contributed by atoms with Crippen molar-refractivity contribution in [3.05, 3.63) is 36.2 Å². The summed E-state index contributed by atoms with van der Waals surface area (Å²) in [6.07, 6.45) is 0.739. The molecule has 23 heavy (non-hydrogen) atoms. The second-order valence-electron chi connectivity index (χ2n) is 5.95. The van der Waals surface area contributed by atoms with Gasteiger partial charge in [0.05, 0.1) is 0 Å². The molecule has 120 valence electrons. The van der Waals surface area contributed by atoms with E-state index in [1.165, 1.54) is 0 Å². The molecule has 0 unspecified atom stereocenters. The summed E-state index contributed by atoms with van der Waals surface area (Å²) < 4.78 is 7.69. The van der Waals surface area contributed by atoms with Crippen LogP contribution in [0.2, 0.25) is 0 Å². The molecule has 0 fully saturated rings. The van der Waals surface area contributed by atoms with Gasteiger partial charge in [-0.15, -0.1) is 10.2 Å². The summed E-state index contributed by atoms with van der Waals surface area (Å²) in [7, 11) is 1.63. The van der Waals surface area contributed by atoms with Crippen LogP contribution in [-0.4, -0.2) is 27.7 Å². The summed E-state index contributed by atoms with van der Waals surface area (Å²) in [6.45, 7) is 4.42. The molecule has 6 heteroatoms. The van der Waals surface area contributed by atoms with Gasteiger partial charge in [-0.1, -0.05) is 32.0 Å². The van der Waals surface area contributed by atoms with Crippen LogP contribution >= 0.6 is 0 Å². The summed E-state index contributed by atoms with van der Waals surface area (Å²) in [5.41, 5.74) is 1.73. The Hall–Kier alpha value is -2.63. The van der Waals surface area contributed by atoms with Crippen LogP contribution in [0.3, 0.4) is 0 Å². The fourth-order valence-electron chi connectivity index (χ4n) is 2.57. The largest absolute Gasteiger partial charge is 0.419 e. The van der Waals surface area contributed by atoms with E-state index in [-0.39, 0.29) is 12.5 Å². The third-order valence-corrected chi connectivity index (χ3v) is 3.66. The lowest BCUT2D eigenvalue weighted by molar-refractivity contribution is -0.121. The zero-order chi connectivity index (χ0) is 16.4. The lowest BCUT2D eigenvalue weighted by atomic mass is 10.1. The van der Waals surface area contributed by atoms with E-state index in [9.17, 15) is 4.79 Å². The van der Waals surface area contributed by atoms with Crippen LogP contribution in [-0.2, 0) is 17.8 Å². The van der Waals surface area contributed by atoms with Gasteiger partial charge in [0.15, 0.2) is 0 Å². The van der Waals surface area contributed by atoms with Crippen LogP contribution in [0.4, 0.5) is 0 Å². The van der Waals surface area contributed by atoms with Gasteiger partial charge in [0.1, 0.15) is 12.2 Å². The molecule has 0 aliphatic rings. The predicted octanol–water partition coefficient (Wildman–Crippen LogP) is 2.64. The van der Waals surface area contributed by atoms with Gasteiger partial charge < -0.3 is 14.3 Å². The molecule has 0 aliphatic carbocycles. The Morgan fingerprint density at radius 1 is 1.30 bits per heavy atom. The Bertz CT molecular complexity index is 832. The first-order chi connectivity index (χ1) is 11.1. The molecule has 1 N–H and O–H groups in total. The van der Waals surface area contributed by atoms with E-state index in [1.807, 2.05) is 34.9 Å². The van der Waals surface area contributed by atoms with Crippen LogP contribution in [0.25, 0.3) is 22.5 Å². The maximum absolute atomic E-state index is 11.9. The first-order valence-electron chi connectivity index (χ1n) is 7.70. The second-order valence-corrected chi connectivity index (χ2v) is 5.95. The minimum atomic E-state index is -0.0745. The summed E-state index contributed by atoms with van der Waals surface area (Å²) >= 11 is 0. The predicted molar refractivity (Wildman–Crippen MR) is 87.8 cm³/mol. The molecule has 0 atom stereocenters. The number of likely N-dealkylation sites (N-methyl/N-ethyl adjacent to an activating group) is 1. The number of hydrogen-bond donors (Lipinski definition) is 1. The van der Waals surface area contributed by atoms with Gasteiger partial charge in [-0.3, -0.25) is 4.79 Å². The standard InChI is InChI=1S/C17H20N4O2/c1-11(2)8-16-19-20-17(23-16)14-9-12-6-4-5-7-13(12)21(14)10-15(22)18-3/h4-7,9,11H,8,10H2,1-3H3,(H,18,22). The number of amides is 1. The highest BCUT2D eigenvalue weighted by atomic mass is 16.4. The second kappa shape index (κ2) is 6.24. The molecule has 3 rings (SSSR count). The van der Waals surface area contributed by atoms with E-state index in [1.54, 1.807) is 7.05 Å². The molecule has 1 amide bonds. The quantitative estimate of drug-likeness (QED) is 0.786. The number of carbonyl (C=O) groups is 1. The summed E-state index contributed by atoms with van der Waals surface area (Å²) in [5, 5.41) is 12.0. The first-order valence-corrected chi connectivity index (χ1v) is 7.70. The van der Waals surface area contributed by atoms with Gasteiger partial charge >= 0.3 is 0 Å². The van der Waals surface area contributed by atoms with Crippen LogP contribution in [0, 0.1) is 5.92 Å². The van der Waals surface area contributed by atoms with Crippen molar-refractivity contribution in [3.8, 4) is 11.6 Å². The smallest absolute Gasteiger partial charge is 0.264 e. The summed E-state index contributed by atoms with van der Waals surface area (Å²) in [6, 6.07) is 9.88. The average molecular weight is 312 g/mol. The van der Waals surface area contributed by atoms with Gasteiger partial charge in [-0.05, 0) is 18.1 Å². The van der Waals surface area contributed by atoms with Crippen molar-refractivity contribution < 1.29 is 9.21 Å². The highest BCUT2D eigenvalue weighted by molar-refractivity contribution is 5.88. The number of fused-ring (bicyclic) bond motifs is 1. The monoisotopic (exact) mass is 312 g/mol. The first kappa shape index (κ1) is 15.3. The highest BCUT2D eigenvalue weighted by Gasteiger charge is 2.18. The summed E-state index contributed by atoms with van der Waals surface area (Å²) in [4.78, 5) is 11.9. The maximum atomic E-state index is 11.9. The SMILES string of the molecule is CNC(=O)Cn1c(-c2nnc(CC(C)C)o2)cc2ccccc21. The van der Waals surface area contributed by atoms with Crippen LogP contribution in [0.15, 0.2) is 34.7 Å². The van der Waals surface area contributed by atoms with Crippen LogP contribution < -0.4 is 5.32 Å². The normalized spacial score (nSPS) is 11.3. The number of hydrogen-bond acceptors (Lipinski definition) is 4.